The monoisotopic (exact) mass is 249 g/mol. The van der Waals surface area contributed by atoms with E-state index in [1.165, 1.54) is 27.8 Å². The molecule has 0 aliphatic heterocycles. The van der Waals surface area contributed by atoms with Crippen LogP contribution in [0.3, 0.4) is 0 Å². The highest BCUT2D eigenvalue weighted by Gasteiger charge is 2.21. The molecule has 2 heteroatoms. The molecule has 1 nitrogen and oxygen atoms in total. The van der Waals surface area contributed by atoms with Crippen molar-refractivity contribution >= 4 is 11.3 Å². The van der Waals surface area contributed by atoms with Crippen LogP contribution in [0, 0.1) is 0 Å². The van der Waals surface area contributed by atoms with Gasteiger partial charge in [0.15, 0.2) is 0 Å². The Morgan fingerprint density at radius 3 is 2.61 bits per heavy atom. The molecule has 18 heavy (non-hydrogen) atoms. The van der Waals surface area contributed by atoms with Crippen molar-refractivity contribution in [3.63, 3.8) is 0 Å². The molecule has 0 saturated heterocycles. The van der Waals surface area contributed by atoms with Crippen molar-refractivity contribution < 1.29 is 0 Å². The third-order valence-electron chi connectivity index (χ3n) is 3.56. The van der Waals surface area contributed by atoms with Gasteiger partial charge in [-0.3, -0.25) is 0 Å². The quantitative estimate of drug-likeness (QED) is 0.488. The van der Waals surface area contributed by atoms with Crippen molar-refractivity contribution in [3.05, 3.63) is 64.5 Å². The molecule has 0 bridgehead atoms. The summed E-state index contributed by atoms with van der Waals surface area (Å²) in [6, 6.07) is 15.2. The van der Waals surface area contributed by atoms with Gasteiger partial charge in [-0.15, -0.1) is 11.3 Å². The number of fused-ring (bicyclic) bond motifs is 3. The first-order valence-electron chi connectivity index (χ1n) is 6.02. The van der Waals surface area contributed by atoms with Gasteiger partial charge in [-0.25, -0.2) is 4.98 Å². The lowest BCUT2D eigenvalue weighted by Crippen LogP contribution is -1.87. The summed E-state index contributed by atoms with van der Waals surface area (Å²) < 4.78 is 0. The Balaban J connectivity index is 1.97. The first-order chi connectivity index (χ1) is 8.93. The van der Waals surface area contributed by atoms with Crippen LogP contribution in [-0.2, 0) is 6.42 Å². The number of hydrogen-bond acceptors (Lipinski definition) is 2. The summed E-state index contributed by atoms with van der Waals surface area (Å²) in [5, 5.41) is 2.12. The fraction of sp³-hybridized carbons (Fsp3) is 0.0625. The molecule has 0 fully saturated rings. The highest BCUT2D eigenvalue weighted by atomic mass is 32.1. The lowest BCUT2D eigenvalue weighted by Gasteiger charge is -2.05. The average molecular weight is 249 g/mol. The van der Waals surface area contributed by atoms with E-state index in [0.717, 1.165) is 12.1 Å². The molecule has 0 unspecified atom stereocenters. The van der Waals surface area contributed by atoms with Gasteiger partial charge < -0.3 is 0 Å². The van der Waals surface area contributed by atoms with E-state index in [0.29, 0.717) is 0 Å². The summed E-state index contributed by atoms with van der Waals surface area (Å²) in [6.45, 7) is 0. The number of rotatable bonds is 1. The molecule has 0 saturated carbocycles. The second-order valence-corrected chi connectivity index (χ2v) is 5.26. The second-order valence-electron chi connectivity index (χ2n) is 4.54. The van der Waals surface area contributed by atoms with E-state index in [9.17, 15) is 0 Å². The van der Waals surface area contributed by atoms with Crippen LogP contribution in [0.15, 0.2) is 53.4 Å². The first kappa shape index (κ1) is 10.0. The predicted molar refractivity (Wildman–Crippen MR) is 75.8 cm³/mol. The van der Waals surface area contributed by atoms with Gasteiger partial charge in [0.2, 0.25) is 0 Å². The zero-order valence-corrected chi connectivity index (χ0v) is 10.6. The van der Waals surface area contributed by atoms with Gasteiger partial charge in [-0.05, 0) is 28.7 Å². The maximum absolute atomic E-state index is 4.45. The van der Waals surface area contributed by atoms with E-state index in [2.05, 4.69) is 52.8 Å². The minimum Gasteiger partial charge on any atom is -0.245 e. The third-order valence-corrected chi connectivity index (χ3v) is 4.15. The Morgan fingerprint density at radius 1 is 0.889 bits per heavy atom. The molecule has 1 aliphatic rings. The average Bonchev–Trinajstić information content (AvgIpc) is 3.05. The lowest BCUT2D eigenvalue weighted by atomic mass is 10.00. The molecule has 0 spiro atoms. The molecule has 1 aromatic heterocycles. The topological polar surface area (TPSA) is 12.9 Å². The van der Waals surface area contributed by atoms with Gasteiger partial charge in [-0.1, -0.05) is 42.5 Å². The lowest BCUT2D eigenvalue weighted by molar-refractivity contribution is 1.25. The molecule has 1 aliphatic carbocycles. The van der Waals surface area contributed by atoms with Crippen LogP contribution in [0.1, 0.15) is 11.1 Å². The minimum absolute atomic E-state index is 1.03. The molecule has 0 atom stereocenters. The van der Waals surface area contributed by atoms with Gasteiger partial charge in [0.1, 0.15) is 0 Å². The number of hydrogen-bond donors (Lipinski definition) is 0. The summed E-state index contributed by atoms with van der Waals surface area (Å²) >= 11 is 1.65. The first-order valence-corrected chi connectivity index (χ1v) is 6.96. The normalized spacial score (nSPS) is 12.2. The van der Waals surface area contributed by atoms with Crippen LogP contribution in [-0.4, -0.2) is 4.98 Å². The summed E-state index contributed by atoms with van der Waals surface area (Å²) in [6.07, 6.45) is 1.03. The van der Waals surface area contributed by atoms with E-state index in [4.69, 9.17) is 0 Å². The standard InChI is InChI=1S/C16H11NS/c1-2-5-12-11(4-1)8-15-13(12)6-3-7-14(15)16-9-18-10-17-16/h1-7,9-10H,8H2. The summed E-state index contributed by atoms with van der Waals surface area (Å²) in [5.74, 6) is 0. The van der Waals surface area contributed by atoms with Gasteiger partial charge in [0, 0.05) is 10.9 Å². The molecule has 86 valence electrons. The van der Waals surface area contributed by atoms with Crippen molar-refractivity contribution in [2.45, 2.75) is 6.42 Å². The van der Waals surface area contributed by atoms with E-state index in [-0.39, 0.29) is 0 Å². The van der Waals surface area contributed by atoms with Crippen LogP contribution in [0.4, 0.5) is 0 Å². The molecule has 0 amide bonds. The fourth-order valence-electron chi connectivity index (χ4n) is 2.74. The highest BCUT2D eigenvalue weighted by molar-refractivity contribution is 7.07. The van der Waals surface area contributed by atoms with E-state index in [1.54, 1.807) is 11.3 Å². The van der Waals surface area contributed by atoms with Crippen LogP contribution in [0.5, 0.6) is 0 Å². The Bertz CT molecular complexity index is 714. The van der Waals surface area contributed by atoms with Crippen LogP contribution >= 0.6 is 11.3 Å². The highest BCUT2D eigenvalue weighted by Crippen LogP contribution is 2.41. The van der Waals surface area contributed by atoms with Crippen LogP contribution in [0.2, 0.25) is 0 Å². The molecule has 1 heterocycles. The van der Waals surface area contributed by atoms with Gasteiger partial charge in [0.05, 0.1) is 11.2 Å². The molecule has 4 rings (SSSR count). The van der Waals surface area contributed by atoms with E-state index in [1.807, 2.05) is 5.51 Å². The SMILES string of the molecule is c1ccc2c(c1)Cc1c(-c3cscn3)cccc1-2. The van der Waals surface area contributed by atoms with Crippen LogP contribution < -0.4 is 0 Å². The number of aromatic nitrogens is 1. The fourth-order valence-corrected chi connectivity index (χ4v) is 3.29. The van der Waals surface area contributed by atoms with Crippen molar-refractivity contribution in [1.82, 2.24) is 4.98 Å². The largest absolute Gasteiger partial charge is 0.245 e. The van der Waals surface area contributed by atoms with E-state index >= 15 is 0 Å². The Labute approximate surface area is 110 Å². The zero-order valence-electron chi connectivity index (χ0n) is 9.76. The molecule has 0 radical (unpaired) electrons. The van der Waals surface area contributed by atoms with Crippen molar-refractivity contribution in [3.8, 4) is 22.4 Å². The smallest absolute Gasteiger partial charge is 0.0814 e. The van der Waals surface area contributed by atoms with Crippen molar-refractivity contribution in [1.29, 1.82) is 0 Å². The van der Waals surface area contributed by atoms with Crippen LogP contribution in [0.25, 0.3) is 22.4 Å². The number of benzene rings is 2. The van der Waals surface area contributed by atoms with Gasteiger partial charge >= 0.3 is 0 Å². The molecular formula is C16H11NS. The summed E-state index contributed by atoms with van der Waals surface area (Å²) in [4.78, 5) is 4.45. The molecule has 0 N–H and O–H groups in total. The minimum atomic E-state index is 1.03. The number of thiazole rings is 1. The van der Waals surface area contributed by atoms with Crippen molar-refractivity contribution in [2.24, 2.45) is 0 Å². The Kier molecular flexibility index (Phi) is 2.11. The zero-order chi connectivity index (χ0) is 11.9. The van der Waals surface area contributed by atoms with Gasteiger partial charge in [0.25, 0.3) is 0 Å². The maximum Gasteiger partial charge on any atom is 0.0814 e. The van der Waals surface area contributed by atoms with Crippen molar-refractivity contribution in [2.75, 3.05) is 0 Å². The predicted octanol–water partition coefficient (Wildman–Crippen LogP) is 4.38. The van der Waals surface area contributed by atoms with Gasteiger partial charge in [-0.2, -0.15) is 0 Å². The van der Waals surface area contributed by atoms with E-state index < -0.39 is 0 Å². The molecule has 2 aromatic carbocycles. The Morgan fingerprint density at radius 2 is 1.72 bits per heavy atom. The Hall–Kier alpha value is -1.93. The molecular weight excluding hydrogens is 238 g/mol. The third kappa shape index (κ3) is 1.36. The summed E-state index contributed by atoms with van der Waals surface area (Å²) in [7, 11) is 0. The maximum atomic E-state index is 4.45. The number of nitrogens with zero attached hydrogens (tertiary/aromatic N) is 1. The second kappa shape index (κ2) is 3.79. The summed E-state index contributed by atoms with van der Waals surface area (Å²) in [5.41, 5.74) is 9.88. The molecule has 3 aromatic rings.